The Hall–Kier alpha value is -2.55. The van der Waals surface area contributed by atoms with Crippen LogP contribution in [0.1, 0.15) is 155 Å². The summed E-state index contributed by atoms with van der Waals surface area (Å²) in [6.45, 7) is 4.07. The van der Waals surface area contributed by atoms with E-state index in [1.165, 1.54) is 51.4 Å². The van der Waals surface area contributed by atoms with Crippen LogP contribution >= 0.6 is 7.82 Å². The highest BCUT2D eigenvalue weighted by Crippen LogP contribution is 2.38. The number of ether oxygens (including phenoxy) is 2. The van der Waals surface area contributed by atoms with Gasteiger partial charge in [-0.25, -0.2) is 0 Å². The lowest BCUT2D eigenvalue weighted by atomic mass is 10.1. The number of esters is 2. The molecule has 0 fully saturated rings. The molecule has 0 aromatic heterocycles. The van der Waals surface area contributed by atoms with Crippen LogP contribution in [0, 0.1) is 0 Å². The van der Waals surface area contributed by atoms with Gasteiger partial charge in [0, 0.05) is 12.8 Å². The lowest BCUT2D eigenvalue weighted by Crippen LogP contribution is -2.37. The van der Waals surface area contributed by atoms with Crippen LogP contribution in [0.3, 0.4) is 0 Å². The van der Waals surface area contributed by atoms with Crippen molar-refractivity contribution in [3.8, 4) is 0 Å². The van der Waals surface area contributed by atoms with Gasteiger partial charge in [0.2, 0.25) is 0 Å². The van der Waals surface area contributed by atoms with E-state index in [0.29, 0.717) is 23.9 Å². The van der Waals surface area contributed by atoms with E-state index >= 15 is 0 Å². The van der Waals surface area contributed by atoms with E-state index in [4.69, 9.17) is 18.5 Å². The SMILES string of the molecule is CCCCC/C=C\C/C=C\C/C=C\C/C=C\CCCC(=O)OCC(COP(=O)([O-])OCC[N+](C)(C)C)OC(=O)CCCCCCC/C=C\C/C=C\CCCCC. The van der Waals surface area contributed by atoms with Gasteiger partial charge < -0.3 is 27.9 Å². The number of rotatable bonds is 38. The summed E-state index contributed by atoms with van der Waals surface area (Å²) >= 11 is 0. The van der Waals surface area contributed by atoms with Crippen LogP contribution in [0.2, 0.25) is 0 Å². The zero-order chi connectivity index (χ0) is 41.4. The maximum atomic E-state index is 12.7. The van der Waals surface area contributed by atoms with Gasteiger partial charge in [-0.05, 0) is 83.5 Å². The molecule has 0 spiro atoms. The Bertz CT molecular complexity index is 1180. The third kappa shape index (κ3) is 41.1. The van der Waals surface area contributed by atoms with Crippen molar-refractivity contribution in [2.24, 2.45) is 0 Å². The van der Waals surface area contributed by atoms with Crippen molar-refractivity contribution in [1.82, 2.24) is 0 Å². The summed E-state index contributed by atoms with van der Waals surface area (Å²) in [5.74, 6) is -0.923. The Morgan fingerprint density at radius 3 is 1.48 bits per heavy atom. The lowest BCUT2D eigenvalue weighted by molar-refractivity contribution is -0.870. The third-order valence-electron chi connectivity index (χ3n) is 8.70. The van der Waals surface area contributed by atoms with E-state index in [1.54, 1.807) is 0 Å². The van der Waals surface area contributed by atoms with E-state index in [0.717, 1.165) is 64.2 Å². The Kier molecular flexibility index (Phi) is 36.3. The van der Waals surface area contributed by atoms with Crippen molar-refractivity contribution < 1.29 is 42.1 Å². The summed E-state index contributed by atoms with van der Waals surface area (Å²) in [7, 11) is 1.11. The van der Waals surface area contributed by atoms with Crippen LogP contribution in [0.5, 0.6) is 0 Å². The number of nitrogens with zero attached hydrogens (tertiary/aromatic N) is 1. The predicted octanol–water partition coefficient (Wildman–Crippen LogP) is 11.6. The highest BCUT2D eigenvalue weighted by atomic mass is 31.2. The zero-order valence-electron chi connectivity index (χ0n) is 36.1. The first-order valence-electron chi connectivity index (χ1n) is 21.6. The lowest BCUT2D eigenvalue weighted by Gasteiger charge is -2.28. The molecule has 0 radical (unpaired) electrons. The average molecular weight is 806 g/mol. The Balaban J connectivity index is 4.51. The molecule has 0 saturated carbocycles. The number of hydrogen-bond donors (Lipinski definition) is 0. The monoisotopic (exact) mass is 806 g/mol. The summed E-state index contributed by atoms with van der Waals surface area (Å²) in [4.78, 5) is 37.5. The predicted molar refractivity (Wildman–Crippen MR) is 231 cm³/mol. The molecule has 322 valence electrons. The van der Waals surface area contributed by atoms with Crippen LogP contribution in [-0.2, 0) is 32.7 Å². The third-order valence-corrected chi connectivity index (χ3v) is 9.66. The van der Waals surface area contributed by atoms with Gasteiger partial charge in [0.1, 0.15) is 19.8 Å². The molecule has 10 heteroatoms. The molecule has 2 atom stereocenters. The van der Waals surface area contributed by atoms with Crippen molar-refractivity contribution in [1.29, 1.82) is 0 Å². The molecule has 2 unspecified atom stereocenters. The molecule has 56 heavy (non-hydrogen) atoms. The molecular weight excluding hydrogens is 725 g/mol. The molecule has 0 N–H and O–H groups in total. The molecule has 0 aliphatic rings. The van der Waals surface area contributed by atoms with Crippen molar-refractivity contribution in [2.45, 2.75) is 161 Å². The fourth-order valence-electron chi connectivity index (χ4n) is 5.26. The second kappa shape index (κ2) is 38.0. The van der Waals surface area contributed by atoms with Crippen molar-refractivity contribution in [2.75, 3.05) is 47.5 Å². The van der Waals surface area contributed by atoms with Crippen LogP contribution in [-0.4, -0.2) is 70.0 Å². The molecule has 0 saturated heterocycles. The number of phosphoric ester groups is 1. The van der Waals surface area contributed by atoms with E-state index in [2.05, 4.69) is 80.7 Å². The molecule has 0 aliphatic heterocycles. The first kappa shape index (κ1) is 53.5. The number of allylic oxidation sites excluding steroid dienone is 12. The molecule has 9 nitrogen and oxygen atoms in total. The fraction of sp³-hybridized carbons (Fsp3) is 0.696. The first-order chi connectivity index (χ1) is 27.0. The van der Waals surface area contributed by atoms with Crippen molar-refractivity contribution in [3.05, 3.63) is 72.9 Å². The van der Waals surface area contributed by atoms with Gasteiger partial charge in [0.15, 0.2) is 6.10 Å². The fourth-order valence-corrected chi connectivity index (χ4v) is 5.99. The van der Waals surface area contributed by atoms with E-state index < -0.39 is 32.5 Å². The quantitative estimate of drug-likeness (QED) is 0.0199. The minimum atomic E-state index is -4.64. The number of unbranched alkanes of at least 4 members (excludes halogenated alkanes) is 12. The molecule has 0 aliphatic carbocycles. The summed E-state index contributed by atoms with van der Waals surface area (Å²) in [5.41, 5.74) is 0. The summed E-state index contributed by atoms with van der Waals surface area (Å²) in [5, 5.41) is 0. The maximum absolute atomic E-state index is 12.7. The summed E-state index contributed by atoms with van der Waals surface area (Å²) in [6.07, 6.45) is 46.4. The number of carbonyl (C=O) groups excluding carboxylic acids is 2. The number of quaternary nitrogens is 1. The number of carbonyl (C=O) groups is 2. The van der Waals surface area contributed by atoms with Gasteiger partial charge in [-0.15, -0.1) is 0 Å². The standard InChI is InChI=1S/C46H80NO8P/c1-6-8-10-12-14-16-18-20-22-23-25-26-28-30-32-34-36-38-45(48)52-42-44(43-54-56(50,51)53-41-40-47(3,4)5)55-46(49)39-37-35-33-31-29-27-24-21-19-17-15-13-11-9-7-2/h14-17,20-22,24-26,30,32,44H,6-13,18-19,23,27-29,31,33-43H2,1-5H3/b16-14-,17-15-,22-20-,24-21-,26-25-,32-30-. The van der Waals surface area contributed by atoms with Gasteiger partial charge in [-0.2, -0.15) is 0 Å². The Labute approximate surface area is 342 Å². The average Bonchev–Trinajstić information content (AvgIpc) is 3.15. The first-order valence-corrected chi connectivity index (χ1v) is 23.1. The van der Waals surface area contributed by atoms with Gasteiger partial charge in [0.25, 0.3) is 7.82 Å². The van der Waals surface area contributed by atoms with E-state index in [9.17, 15) is 19.0 Å². The highest BCUT2D eigenvalue weighted by Gasteiger charge is 2.21. The van der Waals surface area contributed by atoms with E-state index in [-0.39, 0.29) is 26.1 Å². The highest BCUT2D eigenvalue weighted by molar-refractivity contribution is 7.45. The second-order valence-corrected chi connectivity index (χ2v) is 16.8. The smallest absolute Gasteiger partial charge is 0.306 e. The second-order valence-electron chi connectivity index (χ2n) is 15.3. The normalized spacial score (nSPS) is 14.3. The minimum Gasteiger partial charge on any atom is -0.756 e. The largest absolute Gasteiger partial charge is 0.756 e. The molecule has 0 bridgehead atoms. The zero-order valence-corrected chi connectivity index (χ0v) is 36.9. The van der Waals surface area contributed by atoms with Gasteiger partial charge in [-0.1, -0.05) is 132 Å². The number of likely N-dealkylation sites (N-methyl/N-ethyl adjacent to an activating group) is 1. The van der Waals surface area contributed by atoms with Crippen LogP contribution in [0.25, 0.3) is 0 Å². The molecule has 0 heterocycles. The molecule has 0 rings (SSSR count). The van der Waals surface area contributed by atoms with Gasteiger partial charge in [-0.3, -0.25) is 14.2 Å². The van der Waals surface area contributed by atoms with Crippen molar-refractivity contribution in [3.63, 3.8) is 0 Å². The Morgan fingerprint density at radius 1 is 0.554 bits per heavy atom. The minimum absolute atomic E-state index is 0.0457. The molecule has 0 amide bonds. The number of phosphoric acid groups is 1. The molecule has 0 aromatic rings. The van der Waals surface area contributed by atoms with Crippen LogP contribution in [0.4, 0.5) is 0 Å². The maximum Gasteiger partial charge on any atom is 0.306 e. The molecule has 0 aromatic carbocycles. The molecular formula is C46H80NO8P. The topological polar surface area (TPSA) is 111 Å². The summed E-state index contributed by atoms with van der Waals surface area (Å²) in [6, 6.07) is 0. The van der Waals surface area contributed by atoms with Crippen LogP contribution in [0.15, 0.2) is 72.9 Å². The summed E-state index contributed by atoms with van der Waals surface area (Å²) < 4.78 is 33.8. The van der Waals surface area contributed by atoms with Crippen molar-refractivity contribution >= 4 is 19.8 Å². The number of hydrogen-bond acceptors (Lipinski definition) is 8. The van der Waals surface area contributed by atoms with Gasteiger partial charge in [0.05, 0.1) is 27.7 Å². The van der Waals surface area contributed by atoms with Gasteiger partial charge >= 0.3 is 11.9 Å². The van der Waals surface area contributed by atoms with E-state index in [1.807, 2.05) is 27.2 Å². The van der Waals surface area contributed by atoms with Crippen LogP contribution < -0.4 is 4.89 Å². The Morgan fingerprint density at radius 2 is 0.982 bits per heavy atom.